The molecular weight excluding hydrogens is 245 g/mol. The monoisotopic (exact) mass is 266 g/mol. The van der Waals surface area contributed by atoms with Crippen LogP contribution in [0.15, 0.2) is 0 Å². The fourth-order valence-corrected chi connectivity index (χ4v) is 1.59. The lowest BCUT2D eigenvalue weighted by Crippen LogP contribution is -2.44. The molecule has 0 rings (SSSR count). The van der Waals surface area contributed by atoms with Gasteiger partial charge in [-0.25, -0.2) is 0 Å². The van der Waals surface area contributed by atoms with Gasteiger partial charge in [-0.2, -0.15) is 18.4 Å². The number of nitriles is 1. The van der Waals surface area contributed by atoms with Crippen molar-refractivity contribution in [1.29, 1.82) is 5.26 Å². The normalized spacial score (nSPS) is 15.1. The van der Waals surface area contributed by atoms with Crippen LogP contribution in [-0.2, 0) is 4.74 Å². The summed E-state index contributed by atoms with van der Waals surface area (Å²) in [5.74, 6) is 0. The molecule has 1 unspecified atom stereocenters. The molecule has 3 nitrogen and oxygen atoms in total. The minimum absolute atomic E-state index is 0.0245. The van der Waals surface area contributed by atoms with Gasteiger partial charge in [0.1, 0.15) is 12.1 Å². The van der Waals surface area contributed by atoms with Crippen LogP contribution in [0.25, 0.3) is 0 Å². The fourth-order valence-electron chi connectivity index (χ4n) is 1.59. The van der Waals surface area contributed by atoms with Gasteiger partial charge in [-0.05, 0) is 32.2 Å². The Kier molecular flexibility index (Phi) is 7.96. The molecule has 0 aromatic rings. The Balaban J connectivity index is 3.95. The Morgan fingerprint density at radius 2 is 1.94 bits per heavy atom. The summed E-state index contributed by atoms with van der Waals surface area (Å²) in [6.07, 6.45) is -1.81. The maximum absolute atomic E-state index is 11.8. The molecule has 0 aliphatic carbocycles. The Hall–Kier alpha value is -0.800. The van der Waals surface area contributed by atoms with E-state index >= 15 is 0 Å². The van der Waals surface area contributed by atoms with Crippen LogP contribution in [0, 0.1) is 11.3 Å². The van der Waals surface area contributed by atoms with Gasteiger partial charge in [-0.1, -0.05) is 13.8 Å². The second-order valence-electron chi connectivity index (χ2n) is 4.25. The fraction of sp³-hybridized carbons (Fsp3) is 0.917. The van der Waals surface area contributed by atoms with Crippen LogP contribution in [0.4, 0.5) is 13.2 Å². The van der Waals surface area contributed by atoms with E-state index in [0.29, 0.717) is 19.3 Å². The van der Waals surface area contributed by atoms with E-state index in [1.807, 2.05) is 13.8 Å². The van der Waals surface area contributed by atoms with Crippen LogP contribution in [0.5, 0.6) is 0 Å². The average Bonchev–Trinajstić information content (AvgIpc) is 2.32. The Labute approximate surface area is 106 Å². The summed E-state index contributed by atoms with van der Waals surface area (Å²) in [6.45, 7) is 3.42. The van der Waals surface area contributed by atoms with Crippen LogP contribution >= 0.6 is 0 Å². The second-order valence-corrected chi connectivity index (χ2v) is 4.25. The molecule has 0 aliphatic heterocycles. The van der Waals surface area contributed by atoms with E-state index in [0.717, 1.165) is 13.0 Å². The van der Waals surface area contributed by atoms with Gasteiger partial charge < -0.3 is 4.74 Å². The van der Waals surface area contributed by atoms with Gasteiger partial charge in [0.2, 0.25) is 0 Å². The van der Waals surface area contributed by atoms with E-state index in [1.54, 1.807) is 0 Å². The van der Waals surface area contributed by atoms with Crippen molar-refractivity contribution in [3.8, 4) is 6.07 Å². The highest BCUT2D eigenvalue weighted by Gasteiger charge is 2.28. The third-order valence-electron chi connectivity index (χ3n) is 2.69. The maximum atomic E-state index is 11.8. The summed E-state index contributed by atoms with van der Waals surface area (Å²) >= 11 is 0. The molecule has 0 aromatic heterocycles. The van der Waals surface area contributed by atoms with Crippen molar-refractivity contribution in [1.82, 2.24) is 5.32 Å². The van der Waals surface area contributed by atoms with Crippen LogP contribution in [-0.4, -0.2) is 31.5 Å². The molecule has 0 fully saturated rings. The maximum Gasteiger partial charge on any atom is 0.411 e. The number of ether oxygens (including phenoxy) is 1. The minimum Gasteiger partial charge on any atom is -0.372 e. The van der Waals surface area contributed by atoms with Crippen molar-refractivity contribution in [2.75, 3.05) is 19.8 Å². The first-order chi connectivity index (χ1) is 8.39. The van der Waals surface area contributed by atoms with Crippen molar-refractivity contribution >= 4 is 0 Å². The van der Waals surface area contributed by atoms with E-state index in [9.17, 15) is 13.2 Å². The highest BCUT2D eigenvalue weighted by atomic mass is 19.4. The summed E-state index contributed by atoms with van der Waals surface area (Å²) in [4.78, 5) is 0. The zero-order valence-electron chi connectivity index (χ0n) is 10.9. The first kappa shape index (κ1) is 17.2. The third kappa shape index (κ3) is 7.51. The second kappa shape index (κ2) is 8.33. The number of hydrogen-bond donors (Lipinski definition) is 1. The molecular formula is C12H21F3N2O. The minimum atomic E-state index is -4.28. The number of rotatable bonds is 9. The number of hydrogen-bond acceptors (Lipinski definition) is 3. The SMILES string of the molecule is CCCNC(C#N)(CC)CCCOCC(F)(F)F. The number of halogens is 3. The first-order valence-electron chi connectivity index (χ1n) is 6.20. The molecule has 0 saturated carbocycles. The van der Waals surface area contributed by atoms with E-state index in [4.69, 9.17) is 5.26 Å². The molecule has 18 heavy (non-hydrogen) atoms. The number of nitrogens with zero attached hydrogens (tertiary/aromatic N) is 1. The summed E-state index contributed by atoms with van der Waals surface area (Å²) in [5, 5.41) is 12.3. The van der Waals surface area contributed by atoms with E-state index in [2.05, 4.69) is 16.1 Å². The molecule has 1 N–H and O–H groups in total. The van der Waals surface area contributed by atoms with Crippen molar-refractivity contribution < 1.29 is 17.9 Å². The van der Waals surface area contributed by atoms with Crippen LogP contribution in [0.3, 0.4) is 0 Å². The quantitative estimate of drug-likeness (QED) is 0.652. The Morgan fingerprint density at radius 3 is 2.39 bits per heavy atom. The van der Waals surface area contributed by atoms with Gasteiger partial charge in [0.15, 0.2) is 0 Å². The zero-order chi connectivity index (χ0) is 14.1. The van der Waals surface area contributed by atoms with E-state index in [-0.39, 0.29) is 6.61 Å². The summed E-state index contributed by atoms with van der Waals surface area (Å²) in [6, 6.07) is 2.22. The van der Waals surface area contributed by atoms with Gasteiger partial charge in [-0.15, -0.1) is 0 Å². The summed E-state index contributed by atoms with van der Waals surface area (Å²) in [5.41, 5.74) is -0.641. The number of alkyl halides is 3. The smallest absolute Gasteiger partial charge is 0.372 e. The standard InChI is InChI=1S/C12H21F3N2O/c1-3-7-17-11(4-2,9-16)6-5-8-18-10-12(13,14)15/h17H,3-8,10H2,1-2H3. The molecule has 0 saturated heterocycles. The van der Waals surface area contributed by atoms with Crippen LogP contribution < -0.4 is 5.32 Å². The lowest BCUT2D eigenvalue weighted by atomic mass is 9.92. The largest absolute Gasteiger partial charge is 0.411 e. The molecule has 1 atom stereocenters. The van der Waals surface area contributed by atoms with Crippen LogP contribution in [0.2, 0.25) is 0 Å². The predicted molar refractivity (Wildman–Crippen MR) is 63.0 cm³/mol. The van der Waals surface area contributed by atoms with Crippen molar-refractivity contribution in [3.63, 3.8) is 0 Å². The highest BCUT2D eigenvalue weighted by molar-refractivity contribution is 5.06. The van der Waals surface area contributed by atoms with Gasteiger partial charge >= 0.3 is 6.18 Å². The summed E-state index contributed by atoms with van der Waals surface area (Å²) < 4.78 is 40.0. The topological polar surface area (TPSA) is 45.0 Å². The molecule has 0 aromatic carbocycles. The Morgan fingerprint density at radius 1 is 1.28 bits per heavy atom. The Bertz CT molecular complexity index is 263. The molecule has 0 aliphatic rings. The molecule has 0 radical (unpaired) electrons. The summed E-state index contributed by atoms with van der Waals surface area (Å²) in [7, 11) is 0. The third-order valence-corrected chi connectivity index (χ3v) is 2.69. The van der Waals surface area contributed by atoms with E-state index < -0.39 is 18.3 Å². The highest BCUT2D eigenvalue weighted by Crippen LogP contribution is 2.18. The zero-order valence-corrected chi connectivity index (χ0v) is 10.9. The lowest BCUT2D eigenvalue weighted by molar-refractivity contribution is -0.174. The van der Waals surface area contributed by atoms with Crippen LogP contribution in [0.1, 0.15) is 39.5 Å². The van der Waals surface area contributed by atoms with Gasteiger partial charge in [0.05, 0.1) is 6.07 Å². The van der Waals surface area contributed by atoms with Crippen molar-refractivity contribution in [2.24, 2.45) is 0 Å². The van der Waals surface area contributed by atoms with Gasteiger partial charge in [0.25, 0.3) is 0 Å². The van der Waals surface area contributed by atoms with Crippen molar-refractivity contribution in [2.45, 2.75) is 51.2 Å². The van der Waals surface area contributed by atoms with Gasteiger partial charge in [-0.3, -0.25) is 5.32 Å². The average molecular weight is 266 g/mol. The number of nitrogens with one attached hydrogen (secondary N) is 1. The molecule has 0 bridgehead atoms. The van der Waals surface area contributed by atoms with Crippen molar-refractivity contribution in [3.05, 3.63) is 0 Å². The van der Waals surface area contributed by atoms with Gasteiger partial charge in [0, 0.05) is 6.61 Å². The molecule has 106 valence electrons. The first-order valence-corrected chi connectivity index (χ1v) is 6.20. The van der Waals surface area contributed by atoms with E-state index in [1.165, 1.54) is 0 Å². The molecule has 0 heterocycles. The lowest BCUT2D eigenvalue weighted by Gasteiger charge is -2.26. The predicted octanol–water partition coefficient (Wildman–Crippen LogP) is 3.02. The molecule has 6 heteroatoms. The molecule has 0 spiro atoms. The molecule has 0 amide bonds.